The maximum absolute atomic E-state index is 12.8. The first-order valence-electron chi connectivity index (χ1n) is 9.54. The lowest BCUT2D eigenvalue weighted by Gasteiger charge is -2.14. The molecule has 162 valence electrons. The number of benzene rings is 2. The van der Waals surface area contributed by atoms with Gasteiger partial charge in [0.25, 0.3) is 0 Å². The number of fused-ring (bicyclic) bond motifs is 1. The third-order valence-corrected chi connectivity index (χ3v) is 4.76. The molecule has 0 aliphatic rings. The number of aromatic nitrogens is 1. The van der Waals surface area contributed by atoms with Gasteiger partial charge in [-0.1, -0.05) is 0 Å². The first-order chi connectivity index (χ1) is 15.5. The van der Waals surface area contributed by atoms with Gasteiger partial charge in [0, 0.05) is 24.0 Å². The zero-order valence-corrected chi connectivity index (χ0v) is 17.6. The van der Waals surface area contributed by atoms with Crippen LogP contribution in [0.4, 0.5) is 0 Å². The van der Waals surface area contributed by atoms with E-state index < -0.39 is 5.97 Å². The Labute approximate surface area is 182 Å². The van der Waals surface area contributed by atoms with Gasteiger partial charge in [0.15, 0.2) is 16.9 Å². The van der Waals surface area contributed by atoms with E-state index in [4.69, 9.17) is 23.4 Å². The van der Waals surface area contributed by atoms with Crippen LogP contribution >= 0.6 is 0 Å². The molecule has 0 saturated heterocycles. The highest BCUT2D eigenvalue weighted by molar-refractivity contribution is 5.91. The highest BCUT2D eigenvalue weighted by Crippen LogP contribution is 2.41. The fourth-order valence-corrected chi connectivity index (χ4v) is 3.21. The maximum atomic E-state index is 12.8. The number of carbonyl (C=O) groups excluding carboxylic acids is 1. The van der Waals surface area contributed by atoms with Gasteiger partial charge in [0.2, 0.25) is 5.75 Å². The van der Waals surface area contributed by atoms with Crippen molar-refractivity contribution in [3.8, 4) is 34.3 Å². The van der Waals surface area contributed by atoms with Crippen LogP contribution < -0.4 is 24.4 Å². The molecule has 2 aromatic carbocycles. The monoisotopic (exact) mass is 433 g/mol. The van der Waals surface area contributed by atoms with Crippen molar-refractivity contribution in [1.29, 1.82) is 0 Å². The molecular weight excluding hydrogens is 414 g/mol. The minimum absolute atomic E-state index is 0.221. The van der Waals surface area contributed by atoms with Gasteiger partial charge >= 0.3 is 5.97 Å². The number of carbonyl (C=O) groups is 1. The molecule has 0 N–H and O–H groups in total. The zero-order chi connectivity index (χ0) is 22.7. The molecule has 0 saturated carbocycles. The fraction of sp³-hybridized carbons (Fsp3) is 0.125. The molecule has 0 aliphatic heterocycles. The summed E-state index contributed by atoms with van der Waals surface area (Å²) in [5, 5.41) is 0.276. The van der Waals surface area contributed by atoms with Crippen molar-refractivity contribution in [2.45, 2.75) is 0 Å². The quantitative estimate of drug-likeness (QED) is 0.331. The summed E-state index contributed by atoms with van der Waals surface area (Å²) in [4.78, 5) is 29.0. The smallest absolute Gasteiger partial charge is 0.345 e. The molecule has 0 aliphatic carbocycles. The van der Waals surface area contributed by atoms with Gasteiger partial charge in [-0.2, -0.15) is 0 Å². The van der Waals surface area contributed by atoms with Crippen LogP contribution in [0.25, 0.3) is 22.3 Å². The van der Waals surface area contributed by atoms with Gasteiger partial charge < -0.3 is 23.4 Å². The van der Waals surface area contributed by atoms with E-state index in [1.807, 2.05) is 0 Å². The summed E-state index contributed by atoms with van der Waals surface area (Å²) in [7, 11) is 4.52. The van der Waals surface area contributed by atoms with Crippen LogP contribution in [0.15, 0.2) is 70.1 Å². The Bertz CT molecular complexity index is 1320. The van der Waals surface area contributed by atoms with Crippen molar-refractivity contribution in [2.24, 2.45) is 0 Å². The summed E-state index contributed by atoms with van der Waals surface area (Å²) >= 11 is 0. The Morgan fingerprint density at radius 3 is 2.31 bits per heavy atom. The highest BCUT2D eigenvalue weighted by Gasteiger charge is 2.17. The molecule has 4 aromatic rings. The van der Waals surface area contributed by atoms with Gasteiger partial charge in [0.1, 0.15) is 17.1 Å². The summed E-state index contributed by atoms with van der Waals surface area (Å²) in [6.07, 6.45) is 2.96. The number of hydrogen-bond acceptors (Lipinski definition) is 8. The summed E-state index contributed by atoms with van der Waals surface area (Å²) in [5.74, 6) is 1.27. The van der Waals surface area contributed by atoms with Crippen LogP contribution in [0.3, 0.4) is 0 Å². The van der Waals surface area contributed by atoms with E-state index in [1.165, 1.54) is 39.7 Å². The van der Waals surface area contributed by atoms with Crippen LogP contribution in [-0.4, -0.2) is 32.3 Å². The SMILES string of the molecule is COc1cc(-c2cc(=O)c3cc(OC(=O)c4cccnc4)ccc3o2)cc(OC)c1OC. The number of nitrogens with zero attached hydrogens (tertiary/aromatic N) is 1. The molecule has 0 amide bonds. The van der Waals surface area contributed by atoms with E-state index in [9.17, 15) is 9.59 Å². The predicted molar refractivity (Wildman–Crippen MR) is 117 cm³/mol. The largest absolute Gasteiger partial charge is 0.493 e. The lowest BCUT2D eigenvalue weighted by atomic mass is 10.1. The van der Waals surface area contributed by atoms with Crippen LogP contribution in [0.5, 0.6) is 23.0 Å². The number of ether oxygens (including phenoxy) is 4. The normalized spacial score (nSPS) is 10.6. The number of hydrogen-bond donors (Lipinski definition) is 0. The summed E-state index contributed by atoms with van der Waals surface area (Å²) < 4.78 is 27.4. The molecule has 0 radical (unpaired) electrons. The molecule has 8 nitrogen and oxygen atoms in total. The molecule has 0 spiro atoms. The van der Waals surface area contributed by atoms with Crippen LogP contribution in [0.1, 0.15) is 10.4 Å². The average Bonchev–Trinajstić information content (AvgIpc) is 2.83. The lowest BCUT2D eigenvalue weighted by Crippen LogP contribution is -2.09. The van der Waals surface area contributed by atoms with E-state index in [-0.39, 0.29) is 16.6 Å². The maximum Gasteiger partial charge on any atom is 0.345 e. The van der Waals surface area contributed by atoms with Crippen molar-refractivity contribution < 1.29 is 28.2 Å². The van der Waals surface area contributed by atoms with E-state index in [1.54, 1.807) is 42.6 Å². The number of esters is 1. The second kappa shape index (κ2) is 8.81. The summed E-state index contributed by atoms with van der Waals surface area (Å²) in [6.45, 7) is 0. The Hall–Kier alpha value is -4.33. The third-order valence-electron chi connectivity index (χ3n) is 4.76. The number of pyridine rings is 1. The molecule has 0 unspecified atom stereocenters. The van der Waals surface area contributed by atoms with E-state index in [2.05, 4.69) is 4.98 Å². The zero-order valence-electron chi connectivity index (χ0n) is 17.6. The van der Waals surface area contributed by atoms with E-state index in [0.717, 1.165) is 0 Å². The second-order valence-corrected chi connectivity index (χ2v) is 6.68. The second-order valence-electron chi connectivity index (χ2n) is 6.68. The van der Waals surface area contributed by atoms with Crippen molar-refractivity contribution in [1.82, 2.24) is 4.98 Å². The van der Waals surface area contributed by atoms with Crippen molar-refractivity contribution in [3.63, 3.8) is 0 Å². The average molecular weight is 433 g/mol. The highest BCUT2D eigenvalue weighted by atomic mass is 16.5. The molecule has 0 bridgehead atoms. The topological polar surface area (TPSA) is 97.1 Å². The number of rotatable bonds is 6. The van der Waals surface area contributed by atoms with Gasteiger partial charge in [-0.15, -0.1) is 0 Å². The molecule has 4 rings (SSSR count). The Balaban J connectivity index is 1.72. The molecule has 8 heteroatoms. The van der Waals surface area contributed by atoms with E-state index in [0.29, 0.717) is 39.7 Å². The summed E-state index contributed by atoms with van der Waals surface area (Å²) in [5.41, 5.74) is 0.916. The minimum atomic E-state index is -0.573. The Kier molecular flexibility index (Phi) is 5.76. The third kappa shape index (κ3) is 3.98. The van der Waals surface area contributed by atoms with Crippen molar-refractivity contribution >= 4 is 16.9 Å². The molecule has 32 heavy (non-hydrogen) atoms. The molecule has 2 aromatic heterocycles. The van der Waals surface area contributed by atoms with Crippen LogP contribution in [-0.2, 0) is 0 Å². The lowest BCUT2D eigenvalue weighted by molar-refractivity contribution is 0.0734. The van der Waals surface area contributed by atoms with Crippen molar-refractivity contribution in [3.05, 3.63) is 76.7 Å². The standard InChI is InChI=1S/C24H19NO7/c1-28-21-9-15(10-22(29-2)23(21)30-3)20-12-18(26)17-11-16(6-7-19(17)32-20)31-24(27)14-5-4-8-25-13-14/h4-13H,1-3H3. The molecule has 0 fully saturated rings. The van der Waals surface area contributed by atoms with Crippen molar-refractivity contribution in [2.75, 3.05) is 21.3 Å². The van der Waals surface area contributed by atoms with Crippen LogP contribution in [0.2, 0.25) is 0 Å². The van der Waals surface area contributed by atoms with Gasteiger partial charge in [0.05, 0.1) is 32.3 Å². The minimum Gasteiger partial charge on any atom is -0.493 e. The Morgan fingerprint density at radius 1 is 0.938 bits per heavy atom. The van der Waals surface area contributed by atoms with Gasteiger partial charge in [-0.05, 0) is 42.5 Å². The fourth-order valence-electron chi connectivity index (χ4n) is 3.21. The first kappa shape index (κ1) is 20.9. The van der Waals surface area contributed by atoms with Crippen LogP contribution in [0, 0.1) is 0 Å². The van der Waals surface area contributed by atoms with Gasteiger partial charge in [-0.25, -0.2) is 4.79 Å². The molecule has 2 heterocycles. The predicted octanol–water partition coefficient (Wildman–Crippen LogP) is 4.10. The first-order valence-corrected chi connectivity index (χ1v) is 9.54. The molecular formula is C24H19NO7. The van der Waals surface area contributed by atoms with E-state index >= 15 is 0 Å². The molecule has 0 atom stereocenters. The summed E-state index contributed by atoms with van der Waals surface area (Å²) in [6, 6.07) is 12.6. The number of methoxy groups -OCH3 is 3. The van der Waals surface area contributed by atoms with Gasteiger partial charge in [-0.3, -0.25) is 9.78 Å². The Morgan fingerprint density at radius 2 is 1.69 bits per heavy atom.